The molecule has 1 aliphatic rings. The fourth-order valence-electron chi connectivity index (χ4n) is 3.28. The van der Waals surface area contributed by atoms with Crippen LogP contribution in [-0.4, -0.2) is 37.1 Å². The highest BCUT2D eigenvalue weighted by Crippen LogP contribution is 2.34. The van der Waals surface area contributed by atoms with Gasteiger partial charge in [0.2, 0.25) is 0 Å². The molecule has 0 aliphatic heterocycles. The van der Waals surface area contributed by atoms with Gasteiger partial charge in [0.25, 0.3) is 11.8 Å². The Kier molecular flexibility index (Phi) is 6.21. The number of halogens is 4. The first-order valence-electron chi connectivity index (χ1n) is 10.3. The second-order valence-electron chi connectivity index (χ2n) is 8.00. The minimum atomic E-state index is -4.66. The van der Waals surface area contributed by atoms with Crippen molar-refractivity contribution < 1.29 is 22.8 Å². The maximum Gasteiger partial charge on any atom is 0.416 e. The third-order valence-corrected chi connectivity index (χ3v) is 5.56. The Bertz CT molecular complexity index is 1330. The second-order valence-corrected chi connectivity index (χ2v) is 8.44. The molecule has 35 heavy (non-hydrogen) atoms. The number of nitrogens with zero attached hydrogens (tertiary/aromatic N) is 5. The van der Waals surface area contributed by atoms with Gasteiger partial charge >= 0.3 is 6.18 Å². The van der Waals surface area contributed by atoms with Crippen molar-refractivity contribution in [3.63, 3.8) is 0 Å². The highest BCUT2D eigenvalue weighted by Gasteiger charge is 2.44. The second kappa shape index (κ2) is 8.99. The Balaban J connectivity index is 1.49. The summed E-state index contributed by atoms with van der Waals surface area (Å²) in [6, 6.07) is 6.90. The summed E-state index contributed by atoms with van der Waals surface area (Å²) in [7, 11) is 0. The topological polar surface area (TPSA) is 126 Å². The number of aromatic nitrogens is 4. The van der Waals surface area contributed by atoms with Gasteiger partial charge in [-0.05, 0) is 50.1 Å². The van der Waals surface area contributed by atoms with Gasteiger partial charge in [0.15, 0.2) is 11.6 Å². The number of carbonyl (C=O) groups excluding carboxylic acids is 2. The number of benzene rings is 1. The molecular formula is C22H17ClF3N7O2. The Morgan fingerprint density at radius 1 is 1.17 bits per heavy atom. The molecule has 0 spiro atoms. The average molecular weight is 504 g/mol. The minimum Gasteiger partial charge on any atom is -0.342 e. The molecule has 1 aromatic carbocycles. The fraction of sp³-hybridized carbons (Fsp3) is 0.273. The summed E-state index contributed by atoms with van der Waals surface area (Å²) in [4.78, 5) is 33.3. The summed E-state index contributed by atoms with van der Waals surface area (Å²) in [5.41, 5.74) is -1.87. The fourth-order valence-corrected chi connectivity index (χ4v) is 3.51. The van der Waals surface area contributed by atoms with Crippen molar-refractivity contribution in [3.05, 3.63) is 70.4 Å². The van der Waals surface area contributed by atoms with Crippen LogP contribution < -0.4 is 10.6 Å². The normalized spacial score (nSPS) is 15.1. The summed E-state index contributed by atoms with van der Waals surface area (Å²) in [5, 5.41) is 18.2. The van der Waals surface area contributed by atoms with Crippen LogP contribution in [0, 0.1) is 11.3 Å². The quantitative estimate of drug-likeness (QED) is 0.529. The summed E-state index contributed by atoms with van der Waals surface area (Å²) >= 11 is 5.76. The Labute approximate surface area is 201 Å². The van der Waals surface area contributed by atoms with Crippen molar-refractivity contribution in [2.75, 3.05) is 0 Å². The number of alkyl halides is 3. The molecule has 1 saturated carbocycles. The number of rotatable bonds is 6. The van der Waals surface area contributed by atoms with E-state index in [4.69, 9.17) is 16.9 Å². The van der Waals surface area contributed by atoms with Crippen LogP contribution in [0.5, 0.6) is 0 Å². The third-order valence-electron chi connectivity index (χ3n) is 5.34. The molecule has 0 radical (unpaired) electrons. The van der Waals surface area contributed by atoms with E-state index in [1.807, 2.05) is 0 Å². The van der Waals surface area contributed by atoms with Gasteiger partial charge in [-0.3, -0.25) is 9.59 Å². The summed E-state index contributed by atoms with van der Waals surface area (Å²) in [6.45, 7) is 1.58. The SMILES string of the molecule is CC(NC(=O)c1cc(Cl)cc(C(F)(F)F)c1)c1ncnn1-c1ccc(C(=O)NC2(C#N)CC2)cn1. The molecule has 13 heteroatoms. The van der Waals surface area contributed by atoms with Crippen LogP contribution in [-0.2, 0) is 6.18 Å². The third kappa shape index (κ3) is 5.25. The first-order chi connectivity index (χ1) is 16.5. The molecular weight excluding hydrogens is 487 g/mol. The van der Waals surface area contributed by atoms with Gasteiger partial charge in [-0.25, -0.2) is 9.97 Å². The first kappa shape index (κ1) is 24.2. The van der Waals surface area contributed by atoms with Crippen molar-refractivity contribution in [1.82, 2.24) is 30.4 Å². The zero-order valence-electron chi connectivity index (χ0n) is 18.1. The molecule has 180 valence electrons. The standard InChI is InChI=1S/C22H17ClF3N7O2/c1-12(31-19(34)14-6-15(22(24,25)26)8-16(23)7-14)18-29-11-30-33(18)17-3-2-13(9-28-17)20(35)32-21(10-27)4-5-21/h2-3,6-9,11-12H,4-5H2,1H3,(H,31,34)(H,32,35). The van der Waals surface area contributed by atoms with Gasteiger partial charge in [0.1, 0.15) is 11.9 Å². The van der Waals surface area contributed by atoms with Crippen molar-refractivity contribution in [3.8, 4) is 11.9 Å². The van der Waals surface area contributed by atoms with Crippen LogP contribution in [0.3, 0.4) is 0 Å². The van der Waals surface area contributed by atoms with Crippen molar-refractivity contribution >= 4 is 23.4 Å². The lowest BCUT2D eigenvalue weighted by Gasteiger charge is -2.16. The molecule has 1 unspecified atom stereocenters. The number of nitrogens with one attached hydrogen (secondary N) is 2. The molecule has 4 rings (SSSR count). The van der Waals surface area contributed by atoms with E-state index in [0.29, 0.717) is 24.7 Å². The lowest BCUT2D eigenvalue weighted by atomic mass is 10.1. The van der Waals surface area contributed by atoms with E-state index in [1.165, 1.54) is 29.3 Å². The Morgan fingerprint density at radius 2 is 1.91 bits per heavy atom. The van der Waals surface area contributed by atoms with E-state index in [2.05, 4.69) is 31.8 Å². The monoisotopic (exact) mass is 503 g/mol. The maximum atomic E-state index is 13.1. The molecule has 2 N–H and O–H groups in total. The van der Waals surface area contributed by atoms with Gasteiger partial charge < -0.3 is 10.6 Å². The van der Waals surface area contributed by atoms with Crippen LogP contribution in [0.4, 0.5) is 13.2 Å². The minimum absolute atomic E-state index is 0.225. The van der Waals surface area contributed by atoms with Crippen molar-refractivity contribution in [1.29, 1.82) is 5.26 Å². The highest BCUT2D eigenvalue weighted by molar-refractivity contribution is 6.31. The zero-order valence-corrected chi connectivity index (χ0v) is 18.9. The highest BCUT2D eigenvalue weighted by atomic mass is 35.5. The molecule has 2 amide bonds. The van der Waals surface area contributed by atoms with E-state index >= 15 is 0 Å². The Hall–Kier alpha value is -3.98. The van der Waals surface area contributed by atoms with Crippen LogP contribution in [0.15, 0.2) is 42.9 Å². The van der Waals surface area contributed by atoms with Crippen LogP contribution in [0.25, 0.3) is 5.82 Å². The molecule has 1 fully saturated rings. The van der Waals surface area contributed by atoms with Crippen LogP contribution in [0.1, 0.15) is 57.9 Å². The number of carbonyl (C=O) groups is 2. The summed E-state index contributed by atoms with van der Waals surface area (Å²) < 4.78 is 40.5. The number of amides is 2. The lowest BCUT2D eigenvalue weighted by Crippen LogP contribution is -2.35. The largest absolute Gasteiger partial charge is 0.416 e. The van der Waals surface area contributed by atoms with Crippen molar-refractivity contribution in [2.24, 2.45) is 0 Å². The Morgan fingerprint density at radius 3 is 2.51 bits per heavy atom. The zero-order chi connectivity index (χ0) is 25.4. The molecule has 1 aliphatic carbocycles. The molecule has 1 atom stereocenters. The van der Waals surface area contributed by atoms with Gasteiger partial charge in [0, 0.05) is 16.8 Å². The van der Waals surface area contributed by atoms with E-state index in [1.54, 1.807) is 6.92 Å². The lowest BCUT2D eigenvalue weighted by molar-refractivity contribution is -0.137. The van der Waals surface area contributed by atoms with Crippen molar-refractivity contribution in [2.45, 2.75) is 37.5 Å². The van der Waals surface area contributed by atoms with Crippen LogP contribution in [0.2, 0.25) is 5.02 Å². The van der Waals surface area contributed by atoms with E-state index < -0.39 is 35.1 Å². The smallest absolute Gasteiger partial charge is 0.342 e. The van der Waals surface area contributed by atoms with E-state index in [-0.39, 0.29) is 22.0 Å². The van der Waals surface area contributed by atoms with E-state index in [9.17, 15) is 22.8 Å². The molecule has 2 aromatic heterocycles. The molecule has 2 heterocycles. The predicted octanol–water partition coefficient (Wildman–Crippen LogP) is 3.61. The van der Waals surface area contributed by atoms with Crippen LogP contribution >= 0.6 is 11.6 Å². The number of hydrogen-bond donors (Lipinski definition) is 2. The van der Waals surface area contributed by atoms with E-state index in [0.717, 1.165) is 12.1 Å². The van der Waals surface area contributed by atoms with Gasteiger partial charge in [-0.15, -0.1) is 0 Å². The number of pyridine rings is 1. The summed E-state index contributed by atoms with van der Waals surface area (Å²) in [6.07, 6.45) is -0.921. The molecule has 9 nitrogen and oxygen atoms in total. The molecule has 3 aromatic rings. The average Bonchev–Trinajstić information content (AvgIpc) is 3.41. The molecule has 0 saturated heterocycles. The van der Waals surface area contributed by atoms with Gasteiger partial charge in [-0.2, -0.15) is 28.2 Å². The maximum absolute atomic E-state index is 13.1. The number of nitriles is 1. The van der Waals surface area contributed by atoms with Gasteiger partial charge in [0.05, 0.1) is 23.2 Å². The van der Waals surface area contributed by atoms with Gasteiger partial charge in [-0.1, -0.05) is 11.6 Å². The molecule has 0 bridgehead atoms. The number of hydrogen-bond acceptors (Lipinski definition) is 6. The predicted molar refractivity (Wildman–Crippen MR) is 117 cm³/mol. The first-order valence-corrected chi connectivity index (χ1v) is 10.7. The summed E-state index contributed by atoms with van der Waals surface area (Å²) in [5.74, 6) is -0.671.